The Morgan fingerprint density at radius 2 is 1.69 bits per heavy atom. The zero-order valence-corrected chi connectivity index (χ0v) is 15.5. The molecule has 0 N–H and O–H groups in total. The first-order valence-corrected chi connectivity index (χ1v) is 8.32. The van der Waals surface area contributed by atoms with E-state index in [-0.39, 0.29) is 11.3 Å². The number of carbonyl (C=O) groups excluding carboxylic acids is 1. The maximum atomic E-state index is 13.9. The van der Waals surface area contributed by atoms with Gasteiger partial charge in [-0.2, -0.15) is 13.2 Å². The van der Waals surface area contributed by atoms with Gasteiger partial charge < -0.3 is 4.74 Å². The van der Waals surface area contributed by atoms with Gasteiger partial charge in [0.15, 0.2) is 11.6 Å². The van der Waals surface area contributed by atoms with Crippen molar-refractivity contribution in [2.75, 3.05) is 0 Å². The van der Waals surface area contributed by atoms with Crippen molar-refractivity contribution in [1.82, 2.24) is 0 Å². The molecule has 0 unspecified atom stereocenters. The first-order chi connectivity index (χ1) is 11.9. The molecule has 1 saturated carbocycles. The van der Waals surface area contributed by atoms with E-state index in [1.165, 1.54) is 0 Å². The van der Waals surface area contributed by atoms with Crippen LogP contribution in [0.25, 0.3) is 0 Å². The Morgan fingerprint density at radius 1 is 1.19 bits per heavy atom. The van der Waals surface area contributed by atoms with E-state index >= 15 is 0 Å². The van der Waals surface area contributed by atoms with Crippen LogP contribution >= 0.6 is 23.2 Å². The van der Waals surface area contributed by atoms with Crippen LogP contribution in [0.2, 0.25) is 10.0 Å². The second kappa shape index (κ2) is 7.00. The molecule has 0 heterocycles. The van der Waals surface area contributed by atoms with Gasteiger partial charge in [-0.05, 0) is 18.3 Å². The van der Waals surface area contributed by atoms with Gasteiger partial charge in [0.1, 0.15) is 12.2 Å². The fourth-order valence-corrected chi connectivity index (χ4v) is 3.52. The average molecular weight is 417 g/mol. The van der Waals surface area contributed by atoms with Crippen molar-refractivity contribution in [3.05, 3.63) is 45.0 Å². The molecule has 0 bridgehead atoms. The number of carbonyl (C=O) groups is 1. The molecule has 26 heavy (non-hydrogen) atoms. The summed E-state index contributed by atoms with van der Waals surface area (Å²) in [5, 5.41) is -2.06. The lowest BCUT2D eigenvalue weighted by Gasteiger charge is -2.16. The molecule has 144 valence electrons. The van der Waals surface area contributed by atoms with E-state index in [1.807, 2.05) is 19.9 Å². The Hall–Kier alpha value is -1.34. The Labute approximate surface area is 156 Å². The third-order valence-corrected chi connectivity index (χ3v) is 5.35. The van der Waals surface area contributed by atoms with Gasteiger partial charge in [-0.3, -0.25) is 4.79 Å². The first-order valence-electron chi connectivity index (χ1n) is 7.57. The molecule has 0 spiro atoms. The summed E-state index contributed by atoms with van der Waals surface area (Å²) in [4.78, 5) is 12.2. The third-order valence-electron chi connectivity index (χ3n) is 4.56. The molecule has 1 aliphatic carbocycles. The van der Waals surface area contributed by atoms with Crippen molar-refractivity contribution < 1.29 is 31.5 Å². The average Bonchev–Trinajstić information content (AvgIpc) is 3.05. The minimum Gasteiger partial charge on any atom is -0.460 e. The minimum atomic E-state index is -5.31. The molecular weight excluding hydrogens is 402 g/mol. The molecule has 1 aromatic carbocycles. The number of rotatable bonds is 4. The van der Waals surface area contributed by atoms with E-state index in [0.717, 1.165) is 0 Å². The SMILES string of the molecule is CC=C[C@@H]1[C@@H](C(=O)OCc2c(Cl)c(F)c(C(F)(F)F)c(F)c2Cl)C1(C)C. The van der Waals surface area contributed by atoms with Gasteiger partial charge in [-0.25, -0.2) is 8.78 Å². The number of allylic oxidation sites excluding steroid dienone is 2. The topological polar surface area (TPSA) is 26.3 Å². The van der Waals surface area contributed by atoms with Crippen LogP contribution in [0.1, 0.15) is 31.9 Å². The summed E-state index contributed by atoms with van der Waals surface area (Å²) in [7, 11) is 0. The van der Waals surface area contributed by atoms with Gasteiger partial charge in [0.25, 0.3) is 0 Å². The van der Waals surface area contributed by atoms with Crippen LogP contribution < -0.4 is 0 Å². The Morgan fingerprint density at radius 3 is 2.12 bits per heavy atom. The number of alkyl halides is 3. The van der Waals surface area contributed by atoms with Gasteiger partial charge in [0.2, 0.25) is 0 Å². The quantitative estimate of drug-likeness (QED) is 0.253. The van der Waals surface area contributed by atoms with Gasteiger partial charge in [0.05, 0.1) is 16.0 Å². The van der Waals surface area contributed by atoms with Crippen molar-refractivity contribution in [3.8, 4) is 0 Å². The lowest BCUT2D eigenvalue weighted by atomic mass is 10.1. The zero-order chi connectivity index (χ0) is 20.0. The smallest absolute Gasteiger partial charge is 0.422 e. The highest BCUT2D eigenvalue weighted by Gasteiger charge is 2.61. The summed E-state index contributed by atoms with van der Waals surface area (Å²) >= 11 is 11.1. The van der Waals surface area contributed by atoms with Crippen LogP contribution in [0.15, 0.2) is 12.2 Å². The van der Waals surface area contributed by atoms with Crippen LogP contribution in [-0.4, -0.2) is 5.97 Å². The van der Waals surface area contributed by atoms with Crippen molar-refractivity contribution in [2.24, 2.45) is 17.3 Å². The molecule has 0 radical (unpaired) electrons. The van der Waals surface area contributed by atoms with E-state index < -0.39 is 57.5 Å². The van der Waals surface area contributed by atoms with E-state index in [0.29, 0.717) is 0 Å². The molecule has 0 aliphatic heterocycles. The fourth-order valence-electron chi connectivity index (χ4n) is 2.98. The van der Waals surface area contributed by atoms with Crippen LogP contribution in [-0.2, 0) is 22.3 Å². The molecule has 0 amide bonds. The zero-order valence-electron chi connectivity index (χ0n) is 14.0. The van der Waals surface area contributed by atoms with Crippen molar-refractivity contribution >= 4 is 29.2 Å². The number of ether oxygens (including phenoxy) is 1. The Bertz CT molecular complexity index is 742. The molecule has 2 atom stereocenters. The monoisotopic (exact) mass is 416 g/mol. The summed E-state index contributed by atoms with van der Waals surface area (Å²) in [5.74, 6) is -5.17. The van der Waals surface area contributed by atoms with Crippen LogP contribution in [0.4, 0.5) is 22.0 Å². The molecule has 2 nitrogen and oxygen atoms in total. The van der Waals surface area contributed by atoms with E-state index in [4.69, 9.17) is 27.9 Å². The molecule has 0 aromatic heterocycles. The molecule has 1 aliphatic rings. The van der Waals surface area contributed by atoms with Crippen molar-refractivity contribution in [1.29, 1.82) is 0 Å². The highest BCUT2D eigenvalue weighted by atomic mass is 35.5. The van der Waals surface area contributed by atoms with Crippen LogP contribution in [0.3, 0.4) is 0 Å². The normalized spacial score (nSPS) is 21.9. The molecule has 9 heteroatoms. The van der Waals surface area contributed by atoms with Gasteiger partial charge >= 0.3 is 12.1 Å². The van der Waals surface area contributed by atoms with Crippen LogP contribution in [0.5, 0.6) is 0 Å². The summed E-state index contributed by atoms with van der Waals surface area (Å²) < 4.78 is 71.0. The second-order valence-corrected chi connectivity index (χ2v) is 7.32. The number of hydrogen-bond acceptors (Lipinski definition) is 2. The first kappa shape index (κ1) is 21.0. The molecule has 0 saturated heterocycles. The molecular formula is C17H15Cl2F5O2. The van der Waals surface area contributed by atoms with Crippen molar-refractivity contribution in [3.63, 3.8) is 0 Å². The molecule has 2 rings (SSSR count). The number of halogens is 7. The highest BCUT2D eigenvalue weighted by molar-refractivity contribution is 6.36. The maximum Gasteiger partial charge on any atom is 0.422 e. The second-order valence-electron chi connectivity index (χ2n) is 6.57. The van der Waals surface area contributed by atoms with Gasteiger partial charge in [0, 0.05) is 5.56 Å². The van der Waals surface area contributed by atoms with E-state index in [2.05, 4.69) is 0 Å². The van der Waals surface area contributed by atoms with Crippen molar-refractivity contribution in [2.45, 2.75) is 33.6 Å². The Kier molecular flexibility index (Phi) is 5.64. The largest absolute Gasteiger partial charge is 0.460 e. The lowest BCUT2D eigenvalue weighted by molar-refractivity contribution is -0.148. The van der Waals surface area contributed by atoms with Gasteiger partial charge in [-0.1, -0.05) is 49.2 Å². The van der Waals surface area contributed by atoms with Crippen LogP contribution in [0, 0.1) is 28.9 Å². The lowest BCUT2D eigenvalue weighted by Crippen LogP contribution is -2.16. The molecule has 1 aromatic rings. The number of hydrogen-bond donors (Lipinski definition) is 0. The number of esters is 1. The summed E-state index contributed by atoms with van der Waals surface area (Å²) in [6.07, 6.45) is -1.69. The van der Waals surface area contributed by atoms with E-state index in [9.17, 15) is 26.7 Å². The van der Waals surface area contributed by atoms with Gasteiger partial charge in [-0.15, -0.1) is 0 Å². The fraction of sp³-hybridized carbons (Fsp3) is 0.471. The standard InChI is InChI=1S/C17H15Cl2F5O2/c1-4-5-8-9(16(8,2)3)15(25)26-6-7-11(18)13(20)10(17(22,23)24)14(21)12(7)19/h4-5,8-9H,6H2,1-3H3/t8-,9+/m1/s1. The summed E-state index contributed by atoms with van der Waals surface area (Å²) in [5.41, 5.74) is -3.09. The summed E-state index contributed by atoms with van der Waals surface area (Å²) in [6, 6.07) is 0. The maximum absolute atomic E-state index is 13.9. The minimum absolute atomic E-state index is 0.0629. The Balaban J connectivity index is 2.25. The third kappa shape index (κ3) is 3.56. The molecule has 1 fully saturated rings. The number of benzene rings is 1. The summed E-state index contributed by atoms with van der Waals surface area (Å²) in [6.45, 7) is 4.75. The van der Waals surface area contributed by atoms with E-state index in [1.54, 1.807) is 13.0 Å². The highest BCUT2D eigenvalue weighted by Crippen LogP contribution is 2.59. The predicted molar refractivity (Wildman–Crippen MR) is 86.8 cm³/mol. The predicted octanol–water partition coefficient (Wildman–Crippen LogP) is 6.18.